The van der Waals surface area contributed by atoms with Gasteiger partial charge in [0.2, 0.25) is 0 Å². The number of rotatable bonds is 4. The van der Waals surface area contributed by atoms with Crippen molar-refractivity contribution in [1.82, 2.24) is 10.1 Å². The Hall–Kier alpha value is -1.95. The summed E-state index contributed by atoms with van der Waals surface area (Å²) in [6.45, 7) is 4.41. The van der Waals surface area contributed by atoms with Gasteiger partial charge in [-0.05, 0) is 25.5 Å². The molecule has 2 aromatic rings. The van der Waals surface area contributed by atoms with Crippen molar-refractivity contribution in [3.05, 3.63) is 40.9 Å². The van der Waals surface area contributed by atoms with Gasteiger partial charge in [0.05, 0.1) is 12.1 Å². The van der Waals surface area contributed by atoms with E-state index in [1.54, 1.807) is 6.07 Å². The molecule has 0 aliphatic heterocycles. The maximum Gasteiger partial charge on any atom is 0.137 e. The predicted octanol–water partition coefficient (Wildman–Crippen LogP) is 1.93. The molecule has 94 valence electrons. The Morgan fingerprint density at radius 1 is 1.50 bits per heavy atom. The number of nitrogens with zero attached hydrogens (tertiary/aromatic N) is 2. The summed E-state index contributed by atoms with van der Waals surface area (Å²) in [5.41, 5.74) is 9.23. The van der Waals surface area contributed by atoms with E-state index in [4.69, 9.17) is 22.5 Å². The Morgan fingerprint density at radius 2 is 2.28 bits per heavy atom. The number of anilines is 1. The molecule has 2 heterocycles. The lowest BCUT2D eigenvalue weighted by molar-refractivity contribution is 0.412. The fourth-order valence-electron chi connectivity index (χ4n) is 1.78. The van der Waals surface area contributed by atoms with Crippen LogP contribution in [-0.2, 0) is 6.54 Å². The number of hydrogen-bond acceptors (Lipinski definition) is 5. The van der Waals surface area contributed by atoms with Crippen LogP contribution in [0.3, 0.4) is 0 Å². The lowest BCUT2D eigenvalue weighted by atomic mass is 10.1. The lowest BCUT2D eigenvalue weighted by Crippen LogP contribution is -2.16. The maximum atomic E-state index is 5.73. The van der Waals surface area contributed by atoms with Gasteiger partial charge in [-0.15, -0.1) is 0 Å². The molecule has 2 rings (SSSR count). The normalized spacial score (nSPS) is 10.3. The zero-order valence-corrected chi connectivity index (χ0v) is 11.0. The summed E-state index contributed by atoms with van der Waals surface area (Å²) in [7, 11) is 0. The van der Waals surface area contributed by atoms with E-state index >= 15 is 0 Å². The third-order valence-electron chi connectivity index (χ3n) is 2.52. The Bertz CT molecular complexity index is 566. The zero-order chi connectivity index (χ0) is 13.1. The highest BCUT2D eigenvalue weighted by Crippen LogP contribution is 2.19. The first-order chi connectivity index (χ1) is 8.58. The number of aryl methyl sites for hydroxylation is 2. The number of thiocarbonyl (C=S) groups is 1. The number of nitrogens with two attached hydrogens (primary N) is 1. The third-order valence-corrected chi connectivity index (χ3v) is 2.72. The monoisotopic (exact) mass is 262 g/mol. The van der Waals surface area contributed by atoms with E-state index in [1.807, 2.05) is 19.9 Å². The highest BCUT2D eigenvalue weighted by Gasteiger charge is 2.11. The summed E-state index contributed by atoms with van der Waals surface area (Å²) in [5, 5.41) is 7.00. The van der Waals surface area contributed by atoms with Gasteiger partial charge in [-0.25, -0.2) is 4.98 Å². The fraction of sp³-hybridized carbons (Fsp3) is 0.250. The molecule has 18 heavy (non-hydrogen) atoms. The van der Waals surface area contributed by atoms with Gasteiger partial charge in [-0.3, -0.25) is 0 Å². The number of aromatic nitrogens is 2. The topological polar surface area (TPSA) is 77.0 Å². The molecule has 0 radical (unpaired) electrons. The summed E-state index contributed by atoms with van der Waals surface area (Å²) in [4.78, 5) is 4.75. The second kappa shape index (κ2) is 5.14. The van der Waals surface area contributed by atoms with E-state index in [0.717, 1.165) is 22.5 Å². The minimum Gasteiger partial charge on any atom is -0.389 e. The van der Waals surface area contributed by atoms with Gasteiger partial charge in [0.25, 0.3) is 0 Å². The largest absolute Gasteiger partial charge is 0.389 e. The summed E-state index contributed by atoms with van der Waals surface area (Å²) >= 11 is 5.06. The maximum absolute atomic E-state index is 5.73. The molecule has 0 spiro atoms. The molecule has 0 saturated heterocycles. The first kappa shape index (κ1) is 12.5. The molecule has 0 aromatic carbocycles. The fourth-order valence-corrected chi connectivity index (χ4v) is 2.04. The van der Waals surface area contributed by atoms with Crippen molar-refractivity contribution in [2.75, 3.05) is 5.32 Å². The molecular weight excluding hydrogens is 248 g/mol. The van der Waals surface area contributed by atoms with Crippen LogP contribution in [0.2, 0.25) is 0 Å². The van der Waals surface area contributed by atoms with Crippen LogP contribution in [0.1, 0.15) is 22.5 Å². The van der Waals surface area contributed by atoms with Gasteiger partial charge < -0.3 is 15.6 Å². The second-order valence-corrected chi connectivity index (χ2v) is 4.45. The van der Waals surface area contributed by atoms with Crippen LogP contribution in [0.4, 0.5) is 5.82 Å². The molecule has 0 aliphatic rings. The average Bonchev–Trinajstić information content (AvgIpc) is 2.77. The minimum absolute atomic E-state index is 0.336. The molecule has 6 heteroatoms. The van der Waals surface area contributed by atoms with Gasteiger partial charge in [-0.1, -0.05) is 17.4 Å². The Kier molecular flexibility index (Phi) is 3.57. The van der Waals surface area contributed by atoms with Crippen LogP contribution < -0.4 is 11.1 Å². The standard InChI is InChI=1S/C12H14N4OS/c1-7-5-8(2)15-12(10(7)11(13)18)14-6-9-3-4-17-16-9/h3-5H,6H2,1-2H3,(H2,13,18)(H,14,15). The van der Waals surface area contributed by atoms with Gasteiger partial charge in [-0.2, -0.15) is 0 Å². The molecule has 2 aromatic heterocycles. The van der Waals surface area contributed by atoms with Gasteiger partial charge in [0.15, 0.2) is 0 Å². The van der Waals surface area contributed by atoms with E-state index in [9.17, 15) is 0 Å². The summed E-state index contributed by atoms with van der Waals surface area (Å²) in [5.74, 6) is 0.683. The van der Waals surface area contributed by atoms with Gasteiger partial charge >= 0.3 is 0 Å². The molecule has 0 aliphatic carbocycles. The van der Waals surface area contributed by atoms with E-state index in [2.05, 4.69) is 15.5 Å². The molecule has 0 atom stereocenters. The highest BCUT2D eigenvalue weighted by atomic mass is 32.1. The van der Waals surface area contributed by atoms with Crippen molar-refractivity contribution < 1.29 is 4.52 Å². The average molecular weight is 262 g/mol. The lowest BCUT2D eigenvalue weighted by Gasteiger charge is -2.12. The van der Waals surface area contributed by atoms with Crippen LogP contribution in [0.15, 0.2) is 22.9 Å². The number of hydrogen-bond donors (Lipinski definition) is 2. The van der Waals surface area contributed by atoms with Gasteiger partial charge in [0, 0.05) is 11.8 Å². The van der Waals surface area contributed by atoms with Crippen LogP contribution >= 0.6 is 12.2 Å². The van der Waals surface area contributed by atoms with E-state index in [-0.39, 0.29) is 0 Å². The Morgan fingerprint density at radius 3 is 2.89 bits per heavy atom. The van der Waals surface area contributed by atoms with Crippen molar-refractivity contribution >= 4 is 23.0 Å². The van der Waals surface area contributed by atoms with E-state index in [1.165, 1.54) is 6.26 Å². The smallest absolute Gasteiger partial charge is 0.137 e. The predicted molar refractivity (Wildman–Crippen MR) is 73.4 cm³/mol. The van der Waals surface area contributed by atoms with Gasteiger partial charge in [0.1, 0.15) is 22.8 Å². The molecule has 3 N–H and O–H groups in total. The van der Waals surface area contributed by atoms with Crippen molar-refractivity contribution in [3.8, 4) is 0 Å². The van der Waals surface area contributed by atoms with Crippen LogP contribution in [0.5, 0.6) is 0 Å². The molecule has 5 nitrogen and oxygen atoms in total. The SMILES string of the molecule is Cc1cc(C)c(C(N)=S)c(NCc2ccon2)n1. The van der Waals surface area contributed by atoms with Crippen molar-refractivity contribution in [3.63, 3.8) is 0 Å². The summed E-state index contributed by atoms with van der Waals surface area (Å²) in [6, 6.07) is 3.74. The quantitative estimate of drug-likeness (QED) is 0.820. The van der Waals surface area contributed by atoms with Crippen molar-refractivity contribution in [2.24, 2.45) is 5.73 Å². The highest BCUT2D eigenvalue weighted by molar-refractivity contribution is 7.80. The summed E-state index contributed by atoms with van der Waals surface area (Å²) < 4.78 is 4.77. The zero-order valence-electron chi connectivity index (χ0n) is 10.2. The van der Waals surface area contributed by atoms with Crippen LogP contribution in [-0.4, -0.2) is 15.1 Å². The minimum atomic E-state index is 0.336. The summed E-state index contributed by atoms with van der Waals surface area (Å²) in [6.07, 6.45) is 1.53. The molecule has 0 amide bonds. The van der Waals surface area contributed by atoms with Crippen molar-refractivity contribution in [2.45, 2.75) is 20.4 Å². The molecular formula is C12H14N4OS. The van der Waals surface area contributed by atoms with Crippen LogP contribution in [0.25, 0.3) is 0 Å². The second-order valence-electron chi connectivity index (χ2n) is 4.01. The first-order valence-electron chi connectivity index (χ1n) is 5.49. The van der Waals surface area contributed by atoms with E-state index < -0.39 is 0 Å². The number of pyridine rings is 1. The molecule has 0 unspecified atom stereocenters. The Balaban J connectivity index is 2.28. The number of nitrogens with one attached hydrogen (secondary N) is 1. The first-order valence-corrected chi connectivity index (χ1v) is 5.90. The van der Waals surface area contributed by atoms with Crippen molar-refractivity contribution in [1.29, 1.82) is 0 Å². The van der Waals surface area contributed by atoms with E-state index in [0.29, 0.717) is 17.4 Å². The van der Waals surface area contributed by atoms with Crippen LogP contribution in [0, 0.1) is 13.8 Å². The Labute approximate surface area is 110 Å². The third kappa shape index (κ3) is 2.65. The molecule has 0 bridgehead atoms. The molecule has 0 fully saturated rings. The molecule has 0 saturated carbocycles.